The fourth-order valence-corrected chi connectivity index (χ4v) is 1.13. The number of benzene rings is 2. The van der Waals surface area contributed by atoms with E-state index < -0.39 is 0 Å². The van der Waals surface area contributed by atoms with E-state index in [9.17, 15) is 0 Å². The molecule has 2 heteroatoms. The van der Waals surface area contributed by atoms with E-state index in [-0.39, 0.29) is 34.0 Å². The van der Waals surface area contributed by atoms with Crippen molar-refractivity contribution < 1.29 is 0 Å². The molecular weight excluding hydrogens is 280 g/mol. The van der Waals surface area contributed by atoms with Gasteiger partial charge in [0.05, 0.1) is 0 Å². The summed E-state index contributed by atoms with van der Waals surface area (Å²) in [5.41, 5.74) is 0. The lowest BCUT2D eigenvalue weighted by Gasteiger charge is -1.92. The average molecular weight is 290 g/mol. The molecule has 0 saturated carbocycles. The summed E-state index contributed by atoms with van der Waals surface area (Å²) in [7, 11) is 0. The first-order valence-corrected chi connectivity index (χ1v) is 3.40. The van der Waals surface area contributed by atoms with E-state index in [4.69, 9.17) is 0 Å². The molecule has 2 rings (SSSR count). The van der Waals surface area contributed by atoms with Gasteiger partial charge >= 0.3 is 0 Å². The van der Waals surface area contributed by atoms with Crippen molar-refractivity contribution >= 4 is 44.7 Å². The Morgan fingerprint density at radius 3 is 1.00 bits per heavy atom. The van der Waals surface area contributed by atoms with Crippen LogP contribution in [-0.4, -0.2) is 0 Å². The highest BCUT2D eigenvalue weighted by atomic mass is 79.9. The van der Waals surface area contributed by atoms with Crippen molar-refractivity contribution in [2.24, 2.45) is 0 Å². The molecule has 0 nitrogen and oxygen atoms in total. The van der Waals surface area contributed by atoms with E-state index in [2.05, 4.69) is 48.5 Å². The molecule has 0 heterocycles. The molecule has 0 fully saturated rings. The van der Waals surface area contributed by atoms with E-state index in [0.717, 1.165) is 0 Å². The molecule has 0 aromatic heterocycles. The van der Waals surface area contributed by atoms with Crippen molar-refractivity contribution in [1.29, 1.82) is 0 Å². The van der Waals surface area contributed by atoms with E-state index >= 15 is 0 Å². The molecule has 0 unspecified atom stereocenters. The average Bonchev–Trinajstić information content (AvgIpc) is 2.05. The lowest BCUT2D eigenvalue weighted by molar-refractivity contribution is 1.75. The summed E-state index contributed by atoms with van der Waals surface area (Å²) in [6.07, 6.45) is 0. The SMILES string of the molecule is Br.Br.c1ccc2ccccc2c1. The number of halogens is 2. The smallest absolute Gasteiger partial charge is 0.0184 e. The van der Waals surface area contributed by atoms with Gasteiger partial charge in [0.1, 0.15) is 0 Å². The van der Waals surface area contributed by atoms with E-state index in [1.165, 1.54) is 10.8 Å². The highest BCUT2D eigenvalue weighted by molar-refractivity contribution is 8.93. The molecular formula is C10H10Br2. The van der Waals surface area contributed by atoms with Gasteiger partial charge in [-0.25, -0.2) is 0 Å². The van der Waals surface area contributed by atoms with Crippen LogP contribution in [0, 0.1) is 0 Å². The summed E-state index contributed by atoms with van der Waals surface area (Å²) in [4.78, 5) is 0. The monoisotopic (exact) mass is 288 g/mol. The third-order valence-electron chi connectivity index (χ3n) is 1.66. The lowest BCUT2D eigenvalue weighted by Crippen LogP contribution is -1.67. The summed E-state index contributed by atoms with van der Waals surface area (Å²) in [5.74, 6) is 0. The zero-order valence-corrected chi connectivity index (χ0v) is 9.86. The molecule has 2 aromatic rings. The van der Waals surface area contributed by atoms with Crippen molar-refractivity contribution in [2.45, 2.75) is 0 Å². The zero-order valence-electron chi connectivity index (χ0n) is 6.44. The van der Waals surface area contributed by atoms with Crippen LogP contribution in [-0.2, 0) is 0 Å². The largest absolute Gasteiger partial charge is 0.114 e. The third kappa shape index (κ3) is 2.32. The Morgan fingerprint density at radius 2 is 0.750 bits per heavy atom. The second-order valence-corrected chi connectivity index (χ2v) is 2.35. The molecule has 0 saturated heterocycles. The standard InChI is InChI=1S/C10H8.2BrH/c1-2-6-10-8-4-3-7-9(10)5-1;;/h1-8H;2*1H. The van der Waals surface area contributed by atoms with E-state index in [1.54, 1.807) is 0 Å². The minimum atomic E-state index is 0. The maximum atomic E-state index is 2.12. The number of fused-ring (bicyclic) bond motifs is 1. The number of hydrogen-bond donors (Lipinski definition) is 0. The topological polar surface area (TPSA) is 0 Å². The van der Waals surface area contributed by atoms with Crippen molar-refractivity contribution in [3.05, 3.63) is 48.5 Å². The fourth-order valence-electron chi connectivity index (χ4n) is 1.13. The molecule has 0 aliphatic rings. The van der Waals surface area contributed by atoms with E-state index in [0.29, 0.717) is 0 Å². The zero-order chi connectivity index (χ0) is 6.81. The van der Waals surface area contributed by atoms with Gasteiger partial charge in [0, 0.05) is 0 Å². The Labute approximate surface area is 93.1 Å². The van der Waals surface area contributed by atoms with Gasteiger partial charge in [-0.2, -0.15) is 0 Å². The maximum Gasteiger partial charge on any atom is -0.0184 e. The van der Waals surface area contributed by atoms with Crippen LogP contribution in [0.1, 0.15) is 0 Å². The van der Waals surface area contributed by atoms with Crippen LogP contribution in [0.4, 0.5) is 0 Å². The van der Waals surface area contributed by atoms with Gasteiger partial charge < -0.3 is 0 Å². The Morgan fingerprint density at radius 1 is 0.500 bits per heavy atom. The van der Waals surface area contributed by atoms with Gasteiger partial charge in [0.25, 0.3) is 0 Å². The van der Waals surface area contributed by atoms with Gasteiger partial charge in [0.2, 0.25) is 0 Å². The van der Waals surface area contributed by atoms with E-state index in [1.807, 2.05) is 0 Å². The van der Waals surface area contributed by atoms with Crippen LogP contribution in [0.15, 0.2) is 48.5 Å². The number of rotatable bonds is 0. The van der Waals surface area contributed by atoms with Crippen LogP contribution < -0.4 is 0 Å². The van der Waals surface area contributed by atoms with Crippen molar-refractivity contribution in [2.75, 3.05) is 0 Å². The molecule has 0 atom stereocenters. The Kier molecular flexibility index (Phi) is 5.18. The summed E-state index contributed by atoms with van der Waals surface area (Å²) >= 11 is 0. The molecule has 0 spiro atoms. The Hall–Kier alpha value is -0.340. The predicted octanol–water partition coefficient (Wildman–Crippen LogP) is 4.00. The van der Waals surface area contributed by atoms with Gasteiger partial charge in [-0.3, -0.25) is 0 Å². The number of hydrogen-bond acceptors (Lipinski definition) is 0. The fraction of sp³-hybridized carbons (Fsp3) is 0. The summed E-state index contributed by atoms with van der Waals surface area (Å²) in [6.45, 7) is 0. The molecule has 0 amide bonds. The first-order chi connectivity index (χ1) is 4.97. The molecule has 0 aliphatic heterocycles. The van der Waals surface area contributed by atoms with Crippen LogP contribution in [0.3, 0.4) is 0 Å². The minimum absolute atomic E-state index is 0. The molecule has 0 radical (unpaired) electrons. The highest BCUT2D eigenvalue weighted by Gasteiger charge is 1.85. The minimum Gasteiger partial charge on any atom is -0.114 e. The molecule has 12 heavy (non-hydrogen) atoms. The normalized spacial score (nSPS) is 8.33. The predicted molar refractivity (Wildman–Crippen MR) is 64.6 cm³/mol. The van der Waals surface area contributed by atoms with Crippen molar-refractivity contribution in [3.8, 4) is 0 Å². The third-order valence-corrected chi connectivity index (χ3v) is 1.66. The Balaban J connectivity index is 0.000000605. The van der Waals surface area contributed by atoms with Gasteiger partial charge in [-0.1, -0.05) is 48.5 Å². The van der Waals surface area contributed by atoms with Gasteiger partial charge in [-0.15, -0.1) is 34.0 Å². The Bertz CT molecular complexity index is 279. The first-order valence-electron chi connectivity index (χ1n) is 3.40. The first kappa shape index (κ1) is 11.7. The highest BCUT2D eigenvalue weighted by Crippen LogP contribution is 2.11. The molecule has 2 aromatic carbocycles. The molecule has 64 valence electrons. The molecule has 0 N–H and O–H groups in total. The maximum absolute atomic E-state index is 2.12. The van der Waals surface area contributed by atoms with Crippen LogP contribution in [0.2, 0.25) is 0 Å². The van der Waals surface area contributed by atoms with Crippen molar-refractivity contribution in [3.63, 3.8) is 0 Å². The second-order valence-electron chi connectivity index (χ2n) is 2.35. The van der Waals surface area contributed by atoms with Crippen LogP contribution in [0.25, 0.3) is 10.8 Å². The quantitative estimate of drug-likeness (QED) is 0.688. The van der Waals surface area contributed by atoms with Gasteiger partial charge in [0.15, 0.2) is 0 Å². The van der Waals surface area contributed by atoms with Crippen molar-refractivity contribution in [1.82, 2.24) is 0 Å². The van der Waals surface area contributed by atoms with Crippen LogP contribution >= 0.6 is 34.0 Å². The second kappa shape index (κ2) is 5.33. The molecule has 0 aliphatic carbocycles. The summed E-state index contributed by atoms with van der Waals surface area (Å²) in [6, 6.07) is 16.7. The lowest BCUT2D eigenvalue weighted by atomic mass is 10.1. The summed E-state index contributed by atoms with van der Waals surface area (Å²) < 4.78 is 0. The summed E-state index contributed by atoms with van der Waals surface area (Å²) in [5, 5.41) is 2.62. The van der Waals surface area contributed by atoms with Crippen LogP contribution in [0.5, 0.6) is 0 Å². The van der Waals surface area contributed by atoms with Gasteiger partial charge in [-0.05, 0) is 10.8 Å². The molecule has 0 bridgehead atoms.